The Morgan fingerprint density at radius 1 is 1.42 bits per heavy atom. The van der Waals surface area contributed by atoms with Gasteiger partial charge >= 0.3 is 0 Å². The van der Waals surface area contributed by atoms with E-state index in [1.165, 1.54) is 0 Å². The van der Waals surface area contributed by atoms with Gasteiger partial charge in [0, 0.05) is 12.2 Å². The number of nitrogens with zero attached hydrogens (tertiary/aromatic N) is 3. The van der Waals surface area contributed by atoms with E-state index in [4.69, 9.17) is 4.42 Å². The molecule has 0 aromatic carbocycles. The molecule has 19 heavy (non-hydrogen) atoms. The second kappa shape index (κ2) is 5.57. The molecule has 2 heterocycles. The van der Waals surface area contributed by atoms with Gasteiger partial charge in [0.05, 0.1) is 29.8 Å². The number of hydrogen-bond acceptors (Lipinski definition) is 4. The Kier molecular flexibility index (Phi) is 3.86. The molecule has 2 rings (SSSR count). The van der Waals surface area contributed by atoms with Crippen LogP contribution in [-0.4, -0.2) is 11.5 Å². The van der Waals surface area contributed by atoms with Gasteiger partial charge in [-0.25, -0.2) is 0 Å². The van der Waals surface area contributed by atoms with Crippen LogP contribution in [0.3, 0.4) is 0 Å². The summed E-state index contributed by atoms with van der Waals surface area (Å²) in [4.78, 5) is 6.47. The van der Waals surface area contributed by atoms with Gasteiger partial charge in [0.15, 0.2) is 0 Å². The number of nitriles is 1. The van der Waals surface area contributed by atoms with Crippen LogP contribution in [0.2, 0.25) is 0 Å². The van der Waals surface area contributed by atoms with Crippen molar-refractivity contribution in [2.24, 2.45) is 0 Å². The van der Waals surface area contributed by atoms with E-state index in [1.54, 1.807) is 6.26 Å². The van der Waals surface area contributed by atoms with E-state index in [9.17, 15) is 5.26 Å². The fourth-order valence-electron chi connectivity index (χ4n) is 2.15. The molecule has 0 amide bonds. The van der Waals surface area contributed by atoms with Gasteiger partial charge in [-0.3, -0.25) is 4.98 Å². The minimum atomic E-state index is 0.638. The van der Waals surface area contributed by atoms with Gasteiger partial charge in [-0.1, -0.05) is 0 Å². The largest absolute Gasteiger partial charge is 0.467 e. The highest BCUT2D eigenvalue weighted by Crippen LogP contribution is 2.24. The Bertz CT molecular complexity index is 597. The SMILES string of the molecule is CCN(Cc1ccco1)c1cc(C)nc(C)c1C#N. The molecule has 0 saturated carbocycles. The van der Waals surface area contributed by atoms with Crippen molar-refractivity contribution in [1.29, 1.82) is 5.26 Å². The van der Waals surface area contributed by atoms with Crippen LogP contribution in [0.4, 0.5) is 5.69 Å². The summed E-state index contributed by atoms with van der Waals surface area (Å²) in [5.41, 5.74) is 3.25. The maximum absolute atomic E-state index is 9.32. The number of rotatable bonds is 4. The highest BCUT2D eigenvalue weighted by atomic mass is 16.3. The first-order valence-electron chi connectivity index (χ1n) is 6.31. The molecule has 2 aromatic rings. The third-order valence-corrected chi connectivity index (χ3v) is 3.07. The number of aromatic nitrogens is 1. The van der Waals surface area contributed by atoms with Crippen LogP contribution in [0, 0.1) is 25.2 Å². The van der Waals surface area contributed by atoms with E-state index in [-0.39, 0.29) is 0 Å². The molecule has 0 aliphatic heterocycles. The van der Waals surface area contributed by atoms with Gasteiger partial charge in [0.25, 0.3) is 0 Å². The quantitative estimate of drug-likeness (QED) is 0.842. The molecular formula is C15H17N3O. The summed E-state index contributed by atoms with van der Waals surface area (Å²) in [7, 11) is 0. The minimum Gasteiger partial charge on any atom is -0.467 e. The molecule has 0 bridgehead atoms. The first-order chi connectivity index (χ1) is 9.15. The van der Waals surface area contributed by atoms with Crippen molar-refractivity contribution < 1.29 is 4.42 Å². The lowest BCUT2D eigenvalue weighted by atomic mass is 10.1. The molecule has 4 heteroatoms. The van der Waals surface area contributed by atoms with Crippen molar-refractivity contribution in [2.75, 3.05) is 11.4 Å². The zero-order valence-electron chi connectivity index (χ0n) is 11.5. The Morgan fingerprint density at radius 2 is 2.21 bits per heavy atom. The monoisotopic (exact) mass is 255 g/mol. The maximum atomic E-state index is 9.32. The van der Waals surface area contributed by atoms with Gasteiger partial charge in [-0.2, -0.15) is 5.26 Å². The van der Waals surface area contributed by atoms with Crippen molar-refractivity contribution in [3.8, 4) is 6.07 Å². The zero-order valence-corrected chi connectivity index (χ0v) is 11.5. The topological polar surface area (TPSA) is 53.1 Å². The van der Waals surface area contributed by atoms with Crippen molar-refractivity contribution >= 4 is 5.69 Å². The third-order valence-electron chi connectivity index (χ3n) is 3.07. The fraction of sp³-hybridized carbons (Fsp3) is 0.333. The summed E-state index contributed by atoms with van der Waals surface area (Å²) in [6.07, 6.45) is 1.66. The number of anilines is 1. The summed E-state index contributed by atoms with van der Waals surface area (Å²) in [6, 6.07) is 8.02. The Morgan fingerprint density at radius 3 is 2.79 bits per heavy atom. The standard InChI is InChI=1S/C15H17N3O/c1-4-18(10-13-6-5-7-19-13)15-8-11(2)17-12(3)14(15)9-16/h5-8H,4,10H2,1-3H3. The van der Waals surface area contributed by atoms with Gasteiger partial charge in [0.1, 0.15) is 11.8 Å². The second-order valence-electron chi connectivity index (χ2n) is 4.45. The highest BCUT2D eigenvalue weighted by Gasteiger charge is 2.15. The molecule has 0 N–H and O–H groups in total. The lowest BCUT2D eigenvalue weighted by molar-refractivity contribution is 0.503. The molecule has 4 nitrogen and oxygen atoms in total. The Labute approximate surface area is 113 Å². The molecule has 2 aromatic heterocycles. The molecule has 0 saturated heterocycles. The van der Waals surface area contributed by atoms with E-state index in [2.05, 4.69) is 22.9 Å². The summed E-state index contributed by atoms with van der Waals surface area (Å²) < 4.78 is 5.38. The lowest BCUT2D eigenvalue weighted by Crippen LogP contribution is -2.23. The van der Waals surface area contributed by atoms with Crippen molar-refractivity contribution in [2.45, 2.75) is 27.3 Å². The van der Waals surface area contributed by atoms with Crippen LogP contribution in [-0.2, 0) is 6.54 Å². The van der Waals surface area contributed by atoms with E-state index in [1.807, 2.05) is 32.0 Å². The molecule has 98 valence electrons. The van der Waals surface area contributed by atoms with Crippen LogP contribution in [0.15, 0.2) is 28.9 Å². The summed E-state index contributed by atoms with van der Waals surface area (Å²) in [6.45, 7) is 7.34. The molecule has 0 radical (unpaired) electrons. The van der Waals surface area contributed by atoms with Gasteiger partial charge < -0.3 is 9.32 Å². The molecule has 0 aliphatic rings. The predicted octanol–water partition coefficient (Wildman–Crippen LogP) is 3.19. The third kappa shape index (κ3) is 2.76. The van der Waals surface area contributed by atoms with Crippen LogP contribution < -0.4 is 4.90 Å². The maximum Gasteiger partial charge on any atom is 0.123 e. The van der Waals surface area contributed by atoms with Gasteiger partial charge in [0.2, 0.25) is 0 Å². The molecular weight excluding hydrogens is 238 g/mol. The summed E-state index contributed by atoms with van der Waals surface area (Å²) >= 11 is 0. The van der Waals surface area contributed by atoms with E-state index in [0.717, 1.165) is 29.4 Å². The van der Waals surface area contributed by atoms with Crippen molar-refractivity contribution in [1.82, 2.24) is 4.98 Å². The van der Waals surface area contributed by atoms with E-state index < -0.39 is 0 Å². The van der Waals surface area contributed by atoms with Gasteiger partial charge in [-0.15, -0.1) is 0 Å². The molecule has 0 spiro atoms. The van der Waals surface area contributed by atoms with Crippen molar-refractivity contribution in [3.05, 3.63) is 47.2 Å². The van der Waals surface area contributed by atoms with Crippen LogP contribution in [0.5, 0.6) is 0 Å². The molecule has 0 atom stereocenters. The molecule has 0 fully saturated rings. The molecule has 0 aliphatic carbocycles. The number of hydrogen-bond donors (Lipinski definition) is 0. The number of furan rings is 1. The predicted molar refractivity (Wildman–Crippen MR) is 73.9 cm³/mol. The second-order valence-corrected chi connectivity index (χ2v) is 4.45. The van der Waals surface area contributed by atoms with E-state index in [0.29, 0.717) is 12.1 Å². The van der Waals surface area contributed by atoms with Gasteiger partial charge in [-0.05, 0) is 39.0 Å². The minimum absolute atomic E-state index is 0.638. The summed E-state index contributed by atoms with van der Waals surface area (Å²) in [5.74, 6) is 0.887. The molecule has 0 unspecified atom stereocenters. The number of pyridine rings is 1. The average Bonchev–Trinajstić information content (AvgIpc) is 2.88. The Hall–Kier alpha value is -2.28. The average molecular weight is 255 g/mol. The van der Waals surface area contributed by atoms with Crippen LogP contribution >= 0.6 is 0 Å². The van der Waals surface area contributed by atoms with Crippen molar-refractivity contribution in [3.63, 3.8) is 0 Å². The smallest absolute Gasteiger partial charge is 0.123 e. The fourth-order valence-corrected chi connectivity index (χ4v) is 2.15. The lowest BCUT2D eigenvalue weighted by Gasteiger charge is -2.24. The highest BCUT2D eigenvalue weighted by molar-refractivity contribution is 5.61. The zero-order chi connectivity index (χ0) is 13.8. The van der Waals surface area contributed by atoms with Crippen LogP contribution in [0.1, 0.15) is 29.6 Å². The van der Waals surface area contributed by atoms with E-state index >= 15 is 0 Å². The normalized spacial score (nSPS) is 10.2. The Balaban J connectivity index is 2.40. The number of aryl methyl sites for hydroxylation is 2. The van der Waals surface area contributed by atoms with Crippen LogP contribution in [0.25, 0.3) is 0 Å². The first-order valence-corrected chi connectivity index (χ1v) is 6.31. The first kappa shape index (κ1) is 13.2. The summed E-state index contributed by atoms with van der Waals surface area (Å²) in [5, 5.41) is 9.32.